The maximum absolute atomic E-state index is 12.3. The molecule has 1 aliphatic carbocycles. The second kappa shape index (κ2) is 6.00. The molecule has 3 amide bonds. The monoisotopic (exact) mass is 310 g/mol. The summed E-state index contributed by atoms with van der Waals surface area (Å²) in [5, 5.41) is 14.7. The number of carbonyl (C=O) groups excluding carboxylic acids is 2. The molecular formula is C12H18N6O2S. The average Bonchev–Trinajstić information content (AvgIpc) is 3.17. The van der Waals surface area contributed by atoms with Crippen LogP contribution in [-0.4, -0.2) is 55.4 Å². The molecule has 1 saturated heterocycles. The number of nitrogens with zero attached hydrogens (tertiary/aromatic N) is 5. The third-order valence-electron chi connectivity index (χ3n) is 3.89. The van der Waals surface area contributed by atoms with E-state index in [0.29, 0.717) is 24.3 Å². The molecule has 2 fully saturated rings. The number of tetrazole rings is 1. The molecule has 3 rings (SSSR count). The van der Waals surface area contributed by atoms with E-state index in [1.54, 1.807) is 6.92 Å². The van der Waals surface area contributed by atoms with Crippen molar-refractivity contribution in [2.75, 3.05) is 13.1 Å². The van der Waals surface area contributed by atoms with Crippen molar-refractivity contribution >= 4 is 23.7 Å². The lowest BCUT2D eigenvalue weighted by molar-refractivity contribution is -0.126. The Labute approximate surface area is 126 Å². The topological polar surface area (TPSA) is 93.0 Å². The zero-order valence-corrected chi connectivity index (χ0v) is 12.7. The minimum Gasteiger partial charge on any atom is -0.336 e. The minimum atomic E-state index is -0.389. The Hall–Kier alpha value is -1.64. The van der Waals surface area contributed by atoms with Gasteiger partial charge in [0.25, 0.3) is 0 Å². The predicted octanol–water partition coefficient (Wildman–Crippen LogP) is 0.821. The fraction of sp³-hybridized carbons (Fsp3) is 0.750. The highest BCUT2D eigenvalue weighted by molar-refractivity contribution is 8.00. The molecule has 1 unspecified atom stereocenters. The molecule has 2 heterocycles. The van der Waals surface area contributed by atoms with E-state index in [0.717, 1.165) is 12.8 Å². The normalized spacial score (nSPS) is 20.8. The number of carbonyl (C=O) groups is 2. The Bertz CT molecular complexity index is 542. The third-order valence-corrected chi connectivity index (χ3v) is 4.92. The van der Waals surface area contributed by atoms with Gasteiger partial charge in [-0.25, -0.2) is 9.48 Å². The van der Waals surface area contributed by atoms with E-state index in [4.69, 9.17) is 0 Å². The van der Waals surface area contributed by atoms with Crippen LogP contribution in [0.2, 0.25) is 0 Å². The van der Waals surface area contributed by atoms with Gasteiger partial charge in [-0.1, -0.05) is 24.6 Å². The summed E-state index contributed by atoms with van der Waals surface area (Å²) in [4.78, 5) is 25.1. The predicted molar refractivity (Wildman–Crippen MR) is 75.8 cm³/mol. The summed E-state index contributed by atoms with van der Waals surface area (Å²) in [5.41, 5.74) is 0. The molecule has 21 heavy (non-hydrogen) atoms. The molecule has 8 nitrogen and oxygen atoms in total. The van der Waals surface area contributed by atoms with Crippen LogP contribution in [0.3, 0.4) is 0 Å². The van der Waals surface area contributed by atoms with Crippen LogP contribution in [0.4, 0.5) is 4.79 Å². The molecular weight excluding hydrogens is 292 g/mol. The van der Waals surface area contributed by atoms with Crippen molar-refractivity contribution in [1.82, 2.24) is 30.4 Å². The molecule has 1 N–H and O–H groups in total. The van der Waals surface area contributed by atoms with E-state index in [1.807, 2.05) is 4.68 Å². The van der Waals surface area contributed by atoms with Gasteiger partial charge in [0.15, 0.2) is 0 Å². The summed E-state index contributed by atoms with van der Waals surface area (Å²) in [5.74, 6) is -0.198. The third kappa shape index (κ3) is 2.87. The molecule has 1 aliphatic heterocycles. The molecule has 2 aliphatic rings. The van der Waals surface area contributed by atoms with Crippen molar-refractivity contribution < 1.29 is 9.59 Å². The van der Waals surface area contributed by atoms with Crippen LogP contribution in [0, 0.1) is 0 Å². The van der Waals surface area contributed by atoms with Gasteiger partial charge in [0, 0.05) is 13.1 Å². The number of nitrogens with one attached hydrogen (secondary N) is 1. The maximum atomic E-state index is 12.3. The van der Waals surface area contributed by atoms with Crippen LogP contribution in [0.5, 0.6) is 0 Å². The zero-order valence-electron chi connectivity index (χ0n) is 11.9. The first kappa shape index (κ1) is 14.3. The van der Waals surface area contributed by atoms with Crippen molar-refractivity contribution in [2.24, 2.45) is 0 Å². The highest BCUT2D eigenvalue weighted by Gasteiger charge is 2.32. The number of aromatic nitrogens is 4. The van der Waals surface area contributed by atoms with E-state index in [-0.39, 0.29) is 17.2 Å². The SMILES string of the molecule is CC(Sc1nnnn1C1CCCC1)C(=O)N1CCNC1=O. The van der Waals surface area contributed by atoms with Crippen molar-refractivity contribution in [1.29, 1.82) is 0 Å². The van der Waals surface area contributed by atoms with Crippen molar-refractivity contribution in [3.05, 3.63) is 0 Å². The molecule has 114 valence electrons. The van der Waals surface area contributed by atoms with Crippen LogP contribution in [-0.2, 0) is 4.79 Å². The smallest absolute Gasteiger partial charge is 0.324 e. The Morgan fingerprint density at radius 3 is 2.86 bits per heavy atom. The van der Waals surface area contributed by atoms with Crippen LogP contribution in [0.25, 0.3) is 0 Å². The van der Waals surface area contributed by atoms with Crippen LogP contribution < -0.4 is 5.32 Å². The Kier molecular flexibility index (Phi) is 4.09. The van der Waals surface area contributed by atoms with Gasteiger partial charge >= 0.3 is 6.03 Å². The van der Waals surface area contributed by atoms with Gasteiger partial charge < -0.3 is 5.32 Å². The summed E-state index contributed by atoms with van der Waals surface area (Å²) >= 11 is 1.32. The quantitative estimate of drug-likeness (QED) is 0.828. The minimum absolute atomic E-state index is 0.198. The standard InChI is InChI=1S/C12H18N6O2S/c1-8(10(19)17-7-6-13-11(17)20)21-12-14-15-16-18(12)9-4-2-3-5-9/h8-9H,2-7H2,1H3,(H,13,20). The molecule has 1 saturated carbocycles. The number of amides is 3. The fourth-order valence-electron chi connectivity index (χ4n) is 2.75. The summed E-state index contributed by atoms with van der Waals surface area (Å²) < 4.78 is 1.82. The lowest BCUT2D eigenvalue weighted by Crippen LogP contribution is -2.39. The van der Waals surface area contributed by atoms with Crippen LogP contribution in [0.1, 0.15) is 38.6 Å². The molecule has 0 bridgehead atoms. The molecule has 1 aromatic rings. The number of urea groups is 1. The number of hydrogen-bond acceptors (Lipinski definition) is 6. The van der Waals surface area contributed by atoms with Gasteiger partial charge in [0.1, 0.15) is 0 Å². The molecule has 0 spiro atoms. The van der Waals surface area contributed by atoms with E-state index in [1.165, 1.54) is 29.5 Å². The summed E-state index contributed by atoms with van der Waals surface area (Å²) in [6, 6.07) is 0.0164. The van der Waals surface area contributed by atoms with Gasteiger partial charge in [0.2, 0.25) is 11.1 Å². The van der Waals surface area contributed by atoms with Crippen LogP contribution in [0.15, 0.2) is 5.16 Å². The second-order valence-corrected chi connectivity index (χ2v) is 6.63. The fourth-order valence-corrected chi connectivity index (χ4v) is 3.67. The Morgan fingerprint density at radius 2 is 2.19 bits per heavy atom. The van der Waals surface area contributed by atoms with Crippen molar-refractivity contribution in [3.8, 4) is 0 Å². The van der Waals surface area contributed by atoms with Gasteiger partial charge in [-0.2, -0.15) is 0 Å². The Balaban J connectivity index is 1.67. The molecule has 0 radical (unpaired) electrons. The Morgan fingerprint density at radius 1 is 1.43 bits per heavy atom. The van der Waals surface area contributed by atoms with Gasteiger partial charge in [-0.3, -0.25) is 9.69 Å². The first-order chi connectivity index (χ1) is 10.2. The zero-order chi connectivity index (χ0) is 14.8. The lowest BCUT2D eigenvalue weighted by Gasteiger charge is -2.17. The lowest BCUT2D eigenvalue weighted by atomic mass is 10.3. The van der Waals surface area contributed by atoms with Crippen LogP contribution >= 0.6 is 11.8 Å². The highest BCUT2D eigenvalue weighted by Crippen LogP contribution is 2.32. The average molecular weight is 310 g/mol. The first-order valence-corrected chi connectivity index (χ1v) is 8.08. The molecule has 9 heteroatoms. The molecule has 0 aromatic carbocycles. The number of thioether (sulfide) groups is 1. The first-order valence-electron chi connectivity index (χ1n) is 7.20. The molecule has 1 atom stereocenters. The van der Waals surface area contributed by atoms with Gasteiger partial charge in [-0.15, -0.1) is 5.10 Å². The van der Waals surface area contributed by atoms with E-state index >= 15 is 0 Å². The largest absolute Gasteiger partial charge is 0.336 e. The highest BCUT2D eigenvalue weighted by atomic mass is 32.2. The van der Waals surface area contributed by atoms with E-state index < -0.39 is 0 Å². The number of hydrogen-bond donors (Lipinski definition) is 1. The second-order valence-electron chi connectivity index (χ2n) is 5.33. The number of imide groups is 1. The van der Waals surface area contributed by atoms with E-state index in [2.05, 4.69) is 20.8 Å². The van der Waals surface area contributed by atoms with E-state index in [9.17, 15) is 9.59 Å². The summed E-state index contributed by atoms with van der Waals surface area (Å²) in [6.45, 7) is 2.73. The summed E-state index contributed by atoms with van der Waals surface area (Å²) in [7, 11) is 0. The van der Waals surface area contributed by atoms with Gasteiger partial charge in [0.05, 0.1) is 11.3 Å². The maximum Gasteiger partial charge on any atom is 0.324 e. The van der Waals surface area contributed by atoms with Crippen molar-refractivity contribution in [2.45, 2.75) is 49.1 Å². The summed E-state index contributed by atoms with van der Waals surface area (Å²) in [6.07, 6.45) is 4.54. The van der Waals surface area contributed by atoms with Gasteiger partial charge in [-0.05, 0) is 30.2 Å². The molecule has 1 aromatic heterocycles. The number of rotatable bonds is 4. The van der Waals surface area contributed by atoms with Crippen molar-refractivity contribution in [3.63, 3.8) is 0 Å².